The van der Waals surface area contributed by atoms with Crippen molar-refractivity contribution >= 4 is 23.9 Å². The molecule has 26 heavy (non-hydrogen) atoms. The van der Waals surface area contributed by atoms with Gasteiger partial charge in [0.15, 0.2) is 0 Å². The van der Waals surface area contributed by atoms with E-state index in [-0.39, 0.29) is 36.0 Å². The summed E-state index contributed by atoms with van der Waals surface area (Å²) >= 11 is 0. The Bertz CT molecular complexity index is 546. The van der Waals surface area contributed by atoms with Crippen LogP contribution < -0.4 is 0 Å². The third-order valence-electron chi connectivity index (χ3n) is 2.69. The van der Waals surface area contributed by atoms with Crippen LogP contribution in [0, 0.1) is 0 Å². The van der Waals surface area contributed by atoms with Crippen LogP contribution in [0.3, 0.4) is 0 Å². The monoisotopic (exact) mass is 378 g/mol. The topological polar surface area (TPSA) is 210 Å². The van der Waals surface area contributed by atoms with Gasteiger partial charge < -0.3 is 35.7 Å². The third-order valence-corrected chi connectivity index (χ3v) is 2.69. The van der Waals surface area contributed by atoms with Crippen LogP contribution >= 0.6 is 0 Å². The second-order valence-electron chi connectivity index (χ2n) is 4.88. The lowest BCUT2D eigenvalue weighted by Crippen LogP contribution is -2.13. The molecule has 0 aromatic carbocycles. The Morgan fingerprint density at radius 3 is 1.38 bits per heavy atom. The molecule has 0 aromatic rings. The van der Waals surface area contributed by atoms with E-state index in [0.29, 0.717) is 6.08 Å². The van der Waals surface area contributed by atoms with Crippen LogP contribution in [0.15, 0.2) is 22.8 Å². The smallest absolute Gasteiger partial charge is 0.332 e. The highest BCUT2D eigenvalue weighted by atomic mass is 16.4. The molecule has 0 aliphatic heterocycles. The van der Waals surface area contributed by atoms with Crippen molar-refractivity contribution in [1.29, 1.82) is 0 Å². The van der Waals surface area contributed by atoms with Gasteiger partial charge in [0.25, 0.3) is 0 Å². The minimum absolute atomic E-state index is 0.165. The molecule has 0 aliphatic rings. The minimum Gasteiger partial charge on any atom is -0.478 e. The standard InChI is InChI=1S/C8H12O6.C7H10O5/c9-3-1-5(7(11)12)6(2-4-10)8(13)14;1-4(8)2-5(7(11)12)3-6(9)10/h9-10H,1-4H2,(H,11,12)(H,13,14);3-4,8H,2H2,1H3,(H,9,10)(H,11,12). The van der Waals surface area contributed by atoms with Crippen LogP contribution in [-0.2, 0) is 19.2 Å². The Hall–Kier alpha value is -2.76. The van der Waals surface area contributed by atoms with E-state index in [9.17, 15) is 19.2 Å². The van der Waals surface area contributed by atoms with E-state index in [2.05, 4.69) is 0 Å². The van der Waals surface area contributed by atoms with Crippen LogP contribution in [0.4, 0.5) is 0 Å². The summed E-state index contributed by atoms with van der Waals surface area (Å²) in [5.41, 5.74) is -1.04. The molecular weight excluding hydrogens is 356 g/mol. The van der Waals surface area contributed by atoms with E-state index in [0.717, 1.165) is 0 Å². The summed E-state index contributed by atoms with van der Waals surface area (Å²) in [4.78, 5) is 41.6. The van der Waals surface area contributed by atoms with Gasteiger partial charge >= 0.3 is 23.9 Å². The molecule has 11 nitrogen and oxygen atoms in total. The maximum atomic E-state index is 10.6. The Morgan fingerprint density at radius 2 is 1.19 bits per heavy atom. The molecule has 0 amide bonds. The van der Waals surface area contributed by atoms with Gasteiger partial charge in [-0.25, -0.2) is 19.2 Å². The van der Waals surface area contributed by atoms with E-state index >= 15 is 0 Å². The van der Waals surface area contributed by atoms with Crippen molar-refractivity contribution < 1.29 is 54.9 Å². The molecule has 0 saturated carbocycles. The predicted octanol–water partition coefficient (Wildman–Crippen LogP) is -0.930. The average Bonchev–Trinajstić information content (AvgIpc) is 2.49. The molecule has 11 heteroatoms. The normalized spacial score (nSPS) is 13.0. The molecule has 0 bridgehead atoms. The molecule has 1 unspecified atom stereocenters. The van der Waals surface area contributed by atoms with Crippen LogP contribution in [0.2, 0.25) is 0 Å². The fourth-order valence-electron chi connectivity index (χ4n) is 1.67. The third kappa shape index (κ3) is 11.7. The first kappa shape index (κ1) is 25.5. The number of aliphatic hydroxyl groups is 3. The zero-order valence-electron chi connectivity index (χ0n) is 14.0. The molecule has 0 fully saturated rings. The molecular formula is C15H22O11. The van der Waals surface area contributed by atoms with Gasteiger partial charge in [-0.2, -0.15) is 0 Å². The van der Waals surface area contributed by atoms with Crippen molar-refractivity contribution in [3.05, 3.63) is 22.8 Å². The van der Waals surface area contributed by atoms with E-state index in [1.165, 1.54) is 6.92 Å². The summed E-state index contributed by atoms with van der Waals surface area (Å²) in [5.74, 6) is -5.42. The van der Waals surface area contributed by atoms with Crippen LogP contribution in [0.25, 0.3) is 0 Å². The lowest BCUT2D eigenvalue weighted by Gasteiger charge is -2.05. The highest BCUT2D eigenvalue weighted by Gasteiger charge is 2.18. The first-order chi connectivity index (χ1) is 12.0. The van der Waals surface area contributed by atoms with Gasteiger partial charge in [-0.15, -0.1) is 0 Å². The maximum Gasteiger partial charge on any atom is 0.332 e. The summed E-state index contributed by atoms with van der Waals surface area (Å²) in [6, 6.07) is 0. The summed E-state index contributed by atoms with van der Waals surface area (Å²) in [6.45, 7) is 0.506. The van der Waals surface area contributed by atoms with E-state index in [4.69, 9.17) is 35.7 Å². The SMILES string of the molecule is CC(O)CC(=CC(=O)O)C(=O)O.O=C(O)C(CCO)=C(CCO)C(=O)O. The van der Waals surface area contributed by atoms with Crippen molar-refractivity contribution in [3.63, 3.8) is 0 Å². The summed E-state index contributed by atoms with van der Waals surface area (Å²) in [7, 11) is 0. The Balaban J connectivity index is 0. The van der Waals surface area contributed by atoms with Crippen LogP contribution in [0.5, 0.6) is 0 Å². The van der Waals surface area contributed by atoms with E-state index < -0.39 is 43.2 Å². The van der Waals surface area contributed by atoms with Gasteiger partial charge in [-0.1, -0.05) is 0 Å². The molecule has 7 N–H and O–H groups in total. The van der Waals surface area contributed by atoms with Gasteiger partial charge in [-0.3, -0.25) is 0 Å². The van der Waals surface area contributed by atoms with Crippen LogP contribution in [-0.4, -0.2) is 78.9 Å². The number of hydrogen-bond donors (Lipinski definition) is 7. The molecule has 148 valence electrons. The molecule has 0 radical (unpaired) electrons. The van der Waals surface area contributed by atoms with Gasteiger partial charge in [0.2, 0.25) is 0 Å². The molecule has 0 rings (SSSR count). The van der Waals surface area contributed by atoms with E-state index in [1.54, 1.807) is 0 Å². The second-order valence-corrected chi connectivity index (χ2v) is 4.88. The number of aliphatic hydroxyl groups excluding tert-OH is 3. The summed E-state index contributed by atoms with van der Waals surface area (Å²) < 4.78 is 0. The average molecular weight is 378 g/mol. The van der Waals surface area contributed by atoms with Crippen molar-refractivity contribution in [2.24, 2.45) is 0 Å². The first-order valence-electron chi connectivity index (χ1n) is 7.23. The second kappa shape index (κ2) is 13.5. The zero-order chi connectivity index (χ0) is 20.9. The fourth-order valence-corrected chi connectivity index (χ4v) is 1.67. The minimum atomic E-state index is -1.38. The van der Waals surface area contributed by atoms with Gasteiger partial charge in [0.05, 0.1) is 6.10 Å². The molecule has 0 saturated heterocycles. The fraction of sp³-hybridized carbons (Fsp3) is 0.467. The lowest BCUT2D eigenvalue weighted by atomic mass is 10.0. The quantitative estimate of drug-likeness (QED) is 0.231. The number of carbonyl (C=O) groups is 4. The van der Waals surface area contributed by atoms with Gasteiger partial charge in [0.1, 0.15) is 0 Å². The van der Waals surface area contributed by atoms with Crippen molar-refractivity contribution in [3.8, 4) is 0 Å². The van der Waals surface area contributed by atoms with Gasteiger partial charge in [0, 0.05) is 55.3 Å². The number of hydrogen-bond acceptors (Lipinski definition) is 7. The molecule has 0 aliphatic carbocycles. The van der Waals surface area contributed by atoms with Crippen LogP contribution in [0.1, 0.15) is 26.2 Å². The Labute approximate surface area is 148 Å². The first-order valence-corrected chi connectivity index (χ1v) is 7.23. The molecule has 0 heterocycles. The number of carboxylic acid groups (broad SMARTS) is 4. The van der Waals surface area contributed by atoms with Crippen molar-refractivity contribution in [1.82, 2.24) is 0 Å². The summed E-state index contributed by atoms with van der Waals surface area (Å²) in [5, 5.41) is 59.8. The largest absolute Gasteiger partial charge is 0.478 e. The Morgan fingerprint density at radius 1 is 0.808 bits per heavy atom. The van der Waals surface area contributed by atoms with Crippen molar-refractivity contribution in [2.45, 2.75) is 32.3 Å². The molecule has 0 aromatic heterocycles. The highest BCUT2D eigenvalue weighted by molar-refractivity contribution is 5.98. The van der Waals surface area contributed by atoms with E-state index in [1.807, 2.05) is 0 Å². The highest BCUT2D eigenvalue weighted by Crippen LogP contribution is 2.13. The Kier molecular flexibility index (Phi) is 13.3. The maximum absolute atomic E-state index is 10.6. The number of aliphatic carboxylic acids is 4. The summed E-state index contributed by atoms with van der Waals surface area (Å²) in [6.07, 6.45) is -0.920. The zero-order valence-corrected chi connectivity index (χ0v) is 14.0. The number of rotatable bonds is 10. The van der Waals surface area contributed by atoms with Gasteiger partial charge in [-0.05, 0) is 6.92 Å². The molecule has 0 spiro atoms. The molecule has 1 atom stereocenters. The van der Waals surface area contributed by atoms with Crippen molar-refractivity contribution in [2.75, 3.05) is 13.2 Å². The predicted molar refractivity (Wildman–Crippen MR) is 85.4 cm³/mol. The number of carboxylic acids is 4. The lowest BCUT2D eigenvalue weighted by molar-refractivity contribution is -0.136.